The zero-order valence-corrected chi connectivity index (χ0v) is 21.5. The first-order valence-electron chi connectivity index (χ1n) is 10.2. The van der Waals surface area contributed by atoms with Crippen molar-refractivity contribution in [3.8, 4) is 5.75 Å². The summed E-state index contributed by atoms with van der Waals surface area (Å²) in [5.41, 5.74) is 1.67. The Bertz CT molecular complexity index is 1430. The fourth-order valence-electron chi connectivity index (χ4n) is 3.16. The van der Waals surface area contributed by atoms with E-state index in [1.54, 1.807) is 37.3 Å². The van der Waals surface area contributed by atoms with Crippen LogP contribution in [-0.2, 0) is 24.8 Å². The standard InChI is InChI=1S/C23H24ClN3O6S2/c1-16-4-13-22(33-2)21(14-16)27(34(3,29)30)15-23(28)25-18-9-11-20(12-10-18)35(31,32)26-19-7-5-17(24)6-8-19/h4-14,26H,15H2,1-3H3,(H,25,28). The molecule has 0 saturated carbocycles. The summed E-state index contributed by atoms with van der Waals surface area (Å²) in [7, 11) is -6.27. The minimum Gasteiger partial charge on any atom is -0.495 e. The lowest BCUT2D eigenvalue weighted by Gasteiger charge is -2.24. The van der Waals surface area contributed by atoms with Gasteiger partial charge in [0.05, 0.1) is 23.9 Å². The summed E-state index contributed by atoms with van der Waals surface area (Å²) in [6.45, 7) is 1.29. The van der Waals surface area contributed by atoms with Crippen LogP contribution in [0.5, 0.6) is 5.75 Å². The first-order valence-corrected chi connectivity index (χ1v) is 13.9. The summed E-state index contributed by atoms with van der Waals surface area (Å²) in [6, 6.07) is 16.7. The van der Waals surface area contributed by atoms with Gasteiger partial charge in [0.25, 0.3) is 10.0 Å². The van der Waals surface area contributed by atoms with Crippen molar-refractivity contribution in [3.05, 3.63) is 77.3 Å². The number of aryl methyl sites for hydroxylation is 1. The van der Waals surface area contributed by atoms with Gasteiger partial charge in [0.2, 0.25) is 15.9 Å². The lowest BCUT2D eigenvalue weighted by atomic mass is 10.2. The number of ether oxygens (including phenoxy) is 1. The van der Waals surface area contributed by atoms with E-state index in [1.165, 1.54) is 43.5 Å². The monoisotopic (exact) mass is 537 g/mol. The van der Waals surface area contributed by atoms with Crippen LogP contribution < -0.4 is 19.1 Å². The normalized spacial score (nSPS) is 11.5. The molecule has 1 amide bonds. The van der Waals surface area contributed by atoms with Gasteiger partial charge in [-0.05, 0) is 73.2 Å². The number of amides is 1. The number of halogens is 1. The van der Waals surface area contributed by atoms with Crippen molar-refractivity contribution in [1.82, 2.24) is 0 Å². The van der Waals surface area contributed by atoms with Crippen LogP contribution in [0.25, 0.3) is 0 Å². The molecule has 0 atom stereocenters. The third-order valence-electron chi connectivity index (χ3n) is 4.84. The zero-order valence-electron chi connectivity index (χ0n) is 19.1. The fourth-order valence-corrected chi connectivity index (χ4v) is 5.19. The van der Waals surface area contributed by atoms with Crippen LogP contribution in [-0.4, -0.2) is 42.7 Å². The second-order valence-corrected chi connectivity index (χ2v) is 11.7. The Kier molecular flexibility index (Phi) is 7.93. The summed E-state index contributed by atoms with van der Waals surface area (Å²) in [5, 5.41) is 3.06. The average molecular weight is 538 g/mol. The molecular formula is C23H24ClN3O6S2. The van der Waals surface area contributed by atoms with Crippen LogP contribution in [0.2, 0.25) is 5.02 Å². The molecule has 0 spiro atoms. The maximum Gasteiger partial charge on any atom is 0.261 e. The number of hydrogen-bond donors (Lipinski definition) is 2. The minimum absolute atomic E-state index is 0.0206. The van der Waals surface area contributed by atoms with Crippen molar-refractivity contribution in [1.29, 1.82) is 0 Å². The van der Waals surface area contributed by atoms with Gasteiger partial charge in [-0.3, -0.25) is 13.8 Å². The van der Waals surface area contributed by atoms with E-state index in [9.17, 15) is 21.6 Å². The molecule has 3 rings (SSSR count). The highest BCUT2D eigenvalue weighted by Crippen LogP contribution is 2.31. The van der Waals surface area contributed by atoms with Crippen molar-refractivity contribution >= 4 is 54.6 Å². The highest BCUT2D eigenvalue weighted by atomic mass is 35.5. The third kappa shape index (κ3) is 6.87. The van der Waals surface area contributed by atoms with Gasteiger partial charge in [0.15, 0.2) is 0 Å². The molecule has 35 heavy (non-hydrogen) atoms. The number of nitrogens with zero attached hydrogens (tertiary/aromatic N) is 1. The van der Waals surface area contributed by atoms with Crippen molar-refractivity contribution in [3.63, 3.8) is 0 Å². The predicted octanol–water partition coefficient (Wildman–Crippen LogP) is 3.86. The van der Waals surface area contributed by atoms with Crippen molar-refractivity contribution in [2.24, 2.45) is 0 Å². The molecule has 0 aromatic heterocycles. The number of methoxy groups -OCH3 is 1. The molecule has 0 aliphatic carbocycles. The van der Waals surface area contributed by atoms with Gasteiger partial charge in [-0.15, -0.1) is 0 Å². The van der Waals surface area contributed by atoms with Gasteiger partial charge in [-0.1, -0.05) is 17.7 Å². The molecule has 0 saturated heterocycles. The Morgan fingerprint density at radius 3 is 2.11 bits per heavy atom. The summed E-state index contributed by atoms with van der Waals surface area (Å²) >= 11 is 5.82. The topological polar surface area (TPSA) is 122 Å². The first-order chi connectivity index (χ1) is 16.4. The van der Waals surface area contributed by atoms with Gasteiger partial charge in [-0.2, -0.15) is 0 Å². The number of rotatable bonds is 9. The summed E-state index contributed by atoms with van der Waals surface area (Å²) in [4.78, 5) is 12.7. The number of benzene rings is 3. The Labute approximate surface area is 209 Å². The lowest BCUT2D eigenvalue weighted by molar-refractivity contribution is -0.114. The van der Waals surface area contributed by atoms with E-state index in [0.717, 1.165) is 16.1 Å². The summed E-state index contributed by atoms with van der Waals surface area (Å²) < 4.78 is 58.7. The predicted molar refractivity (Wildman–Crippen MR) is 137 cm³/mol. The largest absolute Gasteiger partial charge is 0.495 e. The molecule has 3 aromatic carbocycles. The maximum absolute atomic E-state index is 12.7. The third-order valence-corrected chi connectivity index (χ3v) is 7.61. The molecule has 0 aliphatic rings. The van der Waals surface area contributed by atoms with Gasteiger partial charge in [0, 0.05) is 16.4 Å². The van der Waals surface area contributed by atoms with Crippen LogP contribution in [0.15, 0.2) is 71.6 Å². The number of carbonyl (C=O) groups excluding carboxylic acids is 1. The van der Waals surface area contributed by atoms with Gasteiger partial charge in [-0.25, -0.2) is 16.8 Å². The van der Waals surface area contributed by atoms with Gasteiger partial charge in [0.1, 0.15) is 12.3 Å². The van der Waals surface area contributed by atoms with E-state index in [2.05, 4.69) is 10.0 Å². The van der Waals surface area contributed by atoms with Crippen LogP contribution >= 0.6 is 11.6 Å². The summed E-state index contributed by atoms with van der Waals surface area (Å²) in [6.07, 6.45) is 0.995. The van der Waals surface area contributed by atoms with Crippen LogP contribution in [0.4, 0.5) is 17.1 Å². The Balaban J connectivity index is 1.75. The molecule has 9 nitrogen and oxygen atoms in total. The maximum atomic E-state index is 12.7. The number of nitrogens with one attached hydrogen (secondary N) is 2. The second kappa shape index (κ2) is 10.5. The van der Waals surface area contributed by atoms with Crippen molar-refractivity contribution in [2.45, 2.75) is 11.8 Å². The number of carbonyl (C=O) groups is 1. The SMILES string of the molecule is COc1ccc(C)cc1N(CC(=O)Nc1ccc(S(=O)(=O)Nc2ccc(Cl)cc2)cc1)S(C)(=O)=O. The van der Waals surface area contributed by atoms with Crippen molar-refractivity contribution in [2.75, 3.05) is 34.3 Å². The quantitative estimate of drug-likeness (QED) is 0.427. The smallest absolute Gasteiger partial charge is 0.261 e. The first kappa shape index (κ1) is 26.3. The van der Waals surface area contributed by atoms with Crippen LogP contribution in [0.3, 0.4) is 0 Å². The fraction of sp³-hybridized carbons (Fsp3) is 0.174. The highest BCUT2D eigenvalue weighted by Gasteiger charge is 2.24. The van der Waals surface area contributed by atoms with Crippen molar-refractivity contribution < 1.29 is 26.4 Å². The second-order valence-electron chi connectivity index (χ2n) is 7.63. The van der Waals surface area contributed by atoms with Gasteiger partial charge >= 0.3 is 0 Å². The van der Waals surface area contributed by atoms with Crippen LogP contribution in [0.1, 0.15) is 5.56 Å². The molecule has 2 N–H and O–H groups in total. The Morgan fingerprint density at radius 1 is 0.943 bits per heavy atom. The number of anilines is 3. The van der Waals surface area contributed by atoms with E-state index in [-0.39, 0.29) is 10.6 Å². The molecule has 0 heterocycles. The number of sulfonamides is 2. The van der Waals surface area contributed by atoms with E-state index < -0.39 is 32.5 Å². The van der Waals surface area contributed by atoms with E-state index >= 15 is 0 Å². The molecule has 0 unspecified atom stereocenters. The number of hydrogen-bond acceptors (Lipinski definition) is 6. The summed E-state index contributed by atoms with van der Waals surface area (Å²) in [5.74, 6) is -0.314. The Morgan fingerprint density at radius 2 is 1.54 bits per heavy atom. The molecule has 12 heteroatoms. The van der Waals surface area contributed by atoms with Crippen LogP contribution in [0, 0.1) is 6.92 Å². The lowest BCUT2D eigenvalue weighted by Crippen LogP contribution is -2.37. The highest BCUT2D eigenvalue weighted by molar-refractivity contribution is 7.92. The molecule has 3 aromatic rings. The van der Waals surface area contributed by atoms with E-state index in [4.69, 9.17) is 16.3 Å². The molecule has 0 bridgehead atoms. The van der Waals surface area contributed by atoms with E-state index in [1.807, 2.05) is 0 Å². The zero-order chi connectivity index (χ0) is 25.8. The molecule has 0 radical (unpaired) electrons. The molecule has 0 aliphatic heterocycles. The molecule has 186 valence electrons. The van der Waals surface area contributed by atoms with E-state index in [0.29, 0.717) is 22.1 Å². The molecular weight excluding hydrogens is 514 g/mol. The Hall–Kier alpha value is -3.28. The minimum atomic E-state index is -3.86. The average Bonchev–Trinajstić information content (AvgIpc) is 2.78. The molecule has 0 fully saturated rings. The van der Waals surface area contributed by atoms with Gasteiger partial charge < -0.3 is 10.1 Å².